The van der Waals surface area contributed by atoms with Crippen molar-refractivity contribution in [2.24, 2.45) is 0 Å². The maximum Gasteiger partial charge on any atom is 0.254 e. The fourth-order valence-electron chi connectivity index (χ4n) is 3.56. The van der Waals surface area contributed by atoms with Crippen LogP contribution in [0.5, 0.6) is 0 Å². The summed E-state index contributed by atoms with van der Waals surface area (Å²) in [6.07, 6.45) is 3.78. The monoisotopic (exact) mass is 385 g/mol. The molecule has 2 aromatic heterocycles. The molecular weight excluding hydrogens is 368 g/mol. The summed E-state index contributed by atoms with van der Waals surface area (Å²) in [5.74, 6) is -0.0403. The molecule has 3 aromatic rings. The Morgan fingerprint density at radius 1 is 1.18 bits per heavy atom. The molecule has 0 unspecified atom stereocenters. The van der Waals surface area contributed by atoms with E-state index in [2.05, 4.69) is 15.2 Å². The number of halogens is 2. The van der Waals surface area contributed by atoms with Crippen LogP contribution in [0.15, 0.2) is 28.9 Å². The van der Waals surface area contributed by atoms with Crippen molar-refractivity contribution < 1.29 is 18.0 Å². The number of carbonyl (C=O) groups excluding carboxylic acids is 1. The van der Waals surface area contributed by atoms with Crippen LogP contribution >= 0.6 is 0 Å². The molecule has 9 heteroatoms. The predicted molar refractivity (Wildman–Crippen MR) is 93.3 cm³/mol. The lowest BCUT2D eigenvalue weighted by atomic mass is 10.1. The van der Waals surface area contributed by atoms with Crippen LogP contribution in [0, 0.1) is 11.6 Å². The quantitative estimate of drug-likeness (QED) is 0.691. The van der Waals surface area contributed by atoms with Gasteiger partial charge in [0.1, 0.15) is 12.0 Å². The van der Waals surface area contributed by atoms with Gasteiger partial charge in [0.2, 0.25) is 0 Å². The molecule has 0 radical (unpaired) electrons. The normalized spacial score (nSPS) is 19.0. The number of oxazole rings is 1. The minimum absolute atomic E-state index is 0.101. The zero-order chi connectivity index (χ0) is 19.4. The minimum atomic E-state index is -1.04. The van der Waals surface area contributed by atoms with Gasteiger partial charge < -0.3 is 13.9 Å². The van der Waals surface area contributed by atoms with Gasteiger partial charge in [-0.3, -0.25) is 4.79 Å². The Balaban J connectivity index is 1.42. The van der Waals surface area contributed by atoms with Gasteiger partial charge in [0.15, 0.2) is 29.2 Å². The minimum Gasteiger partial charge on any atom is -0.448 e. The van der Waals surface area contributed by atoms with Crippen molar-refractivity contribution in [1.29, 1.82) is 0 Å². The molecule has 1 amide bonds. The summed E-state index contributed by atoms with van der Waals surface area (Å²) < 4.78 is 34.1. The fraction of sp³-hybridized carbons (Fsp3) is 0.368. The average molecular weight is 385 g/mol. The largest absolute Gasteiger partial charge is 0.448 e. The number of benzene rings is 1. The molecular formula is C19H17F2N5O2. The van der Waals surface area contributed by atoms with Crippen molar-refractivity contribution in [1.82, 2.24) is 24.6 Å². The molecule has 1 aromatic carbocycles. The van der Waals surface area contributed by atoms with Gasteiger partial charge >= 0.3 is 0 Å². The topological polar surface area (TPSA) is 77.1 Å². The van der Waals surface area contributed by atoms with E-state index in [9.17, 15) is 13.6 Å². The van der Waals surface area contributed by atoms with Crippen LogP contribution in [0.2, 0.25) is 0 Å². The Labute approximate surface area is 159 Å². The van der Waals surface area contributed by atoms with Gasteiger partial charge in [0, 0.05) is 24.6 Å². The van der Waals surface area contributed by atoms with E-state index >= 15 is 0 Å². The summed E-state index contributed by atoms with van der Waals surface area (Å²) in [6.45, 7) is 2.70. The van der Waals surface area contributed by atoms with Crippen LogP contribution < -0.4 is 0 Å². The lowest BCUT2D eigenvalue weighted by Crippen LogP contribution is -2.41. The molecule has 1 fully saturated rings. The smallest absolute Gasteiger partial charge is 0.254 e. The zero-order valence-electron chi connectivity index (χ0n) is 15.1. The van der Waals surface area contributed by atoms with E-state index in [1.165, 1.54) is 6.07 Å². The van der Waals surface area contributed by atoms with Crippen molar-refractivity contribution in [2.75, 3.05) is 6.54 Å². The summed E-state index contributed by atoms with van der Waals surface area (Å²) in [5.41, 5.74) is 0.734. The Kier molecular flexibility index (Phi) is 3.78. The van der Waals surface area contributed by atoms with Crippen LogP contribution in [0.3, 0.4) is 0 Å². The highest BCUT2D eigenvalue weighted by Crippen LogP contribution is 2.40. The SMILES string of the molecule is C[C@@H]1c2nnc(-c3coc(C4CC4)n3)n2CCN1C(=O)c1ccc(F)c(F)c1. The van der Waals surface area contributed by atoms with Crippen LogP contribution in [0.4, 0.5) is 8.78 Å². The number of rotatable bonds is 3. The second-order valence-corrected chi connectivity index (χ2v) is 7.18. The highest BCUT2D eigenvalue weighted by Gasteiger charge is 2.34. The number of carbonyl (C=O) groups is 1. The molecule has 144 valence electrons. The second kappa shape index (κ2) is 6.22. The molecule has 0 spiro atoms. The van der Waals surface area contributed by atoms with Gasteiger partial charge in [-0.15, -0.1) is 10.2 Å². The van der Waals surface area contributed by atoms with Crippen LogP contribution in [-0.4, -0.2) is 37.1 Å². The number of aromatic nitrogens is 4. The summed E-state index contributed by atoms with van der Waals surface area (Å²) in [6, 6.07) is 2.79. The Morgan fingerprint density at radius 2 is 2.00 bits per heavy atom. The average Bonchev–Trinajstić information content (AvgIpc) is 3.25. The van der Waals surface area contributed by atoms with Crippen molar-refractivity contribution >= 4 is 5.91 Å². The van der Waals surface area contributed by atoms with Crippen LogP contribution in [0.25, 0.3) is 11.5 Å². The van der Waals surface area contributed by atoms with Crippen molar-refractivity contribution in [3.8, 4) is 11.5 Å². The third kappa shape index (κ3) is 2.69. The molecule has 0 bridgehead atoms. The maximum atomic E-state index is 13.5. The van der Waals surface area contributed by atoms with Gasteiger partial charge in [0.25, 0.3) is 5.91 Å². The zero-order valence-corrected chi connectivity index (χ0v) is 15.1. The van der Waals surface area contributed by atoms with Crippen LogP contribution in [0.1, 0.15) is 53.8 Å². The first-order valence-electron chi connectivity index (χ1n) is 9.18. The number of amides is 1. The first-order chi connectivity index (χ1) is 13.5. The molecule has 7 nitrogen and oxygen atoms in total. The molecule has 0 N–H and O–H groups in total. The maximum absolute atomic E-state index is 13.5. The molecule has 3 heterocycles. The van der Waals surface area contributed by atoms with Gasteiger partial charge in [-0.05, 0) is 38.0 Å². The van der Waals surface area contributed by atoms with Crippen molar-refractivity contribution in [3.05, 3.63) is 53.4 Å². The third-order valence-corrected chi connectivity index (χ3v) is 5.29. The van der Waals surface area contributed by atoms with Gasteiger partial charge in [-0.2, -0.15) is 0 Å². The standard InChI is InChI=1S/C19H17F2N5O2/c1-10-16-23-24-17(15-9-28-18(22-15)11-2-3-11)26(16)7-6-25(10)19(27)12-4-5-13(20)14(21)8-12/h4-5,8-11H,2-3,6-7H2,1H3/t10-/m1/s1. The molecule has 5 rings (SSSR count). The summed E-state index contributed by atoms with van der Waals surface area (Å²) in [4.78, 5) is 18.9. The molecule has 2 aliphatic rings. The predicted octanol–water partition coefficient (Wildman–Crippen LogP) is 3.31. The van der Waals surface area contributed by atoms with E-state index < -0.39 is 11.6 Å². The summed E-state index contributed by atoms with van der Waals surface area (Å²) in [5, 5.41) is 8.49. The van der Waals surface area contributed by atoms with Crippen LogP contribution in [-0.2, 0) is 6.54 Å². The van der Waals surface area contributed by atoms with E-state index in [4.69, 9.17) is 4.42 Å². The fourth-order valence-corrected chi connectivity index (χ4v) is 3.56. The van der Waals surface area contributed by atoms with E-state index in [0.717, 1.165) is 30.9 Å². The van der Waals surface area contributed by atoms with Crippen molar-refractivity contribution in [2.45, 2.75) is 38.3 Å². The molecule has 28 heavy (non-hydrogen) atoms. The molecule has 1 aliphatic heterocycles. The Bertz CT molecular complexity index is 1070. The highest BCUT2D eigenvalue weighted by molar-refractivity contribution is 5.94. The lowest BCUT2D eigenvalue weighted by molar-refractivity contribution is 0.0638. The molecule has 1 atom stereocenters. The molecule has 1 aliphatic carbocycles. The van der Waals surface area contributed by atoms with Gasteiger partial charge in [-0.25, -0.2) is 13.8 Å². The number of fused-ring (bicyclic) bond motifs is 1. The summed E-state index contributed by atoms with van der Waals surface area (Å²) in [7, 11) is 0. The van der Waals surface area contributed by atoms with E-state index in [1.54, 1.807) is 11.2 Å². The first-order valence-corrected chi connectivity index (χ1v) is 9.18. The summed E-state index contributed by atoms with van der Waals surface area (Å²) >= 11 is 0. The van der Waals surface area contributed by atoms with Gasteiger partial charge in [0.05, 0.1) is 6.04 Å². The molecule has 0 saturated heterocycles. The number of hydrogen-bond donors (Lipinski definition) is 0. The second-order valence-electron chi connectivity index (χ2n) is 7.18. The highest BCUT2D eigenvalue weighted by atomic mass is 19.2. The van der Waals surface area contributed by atoms with E-state index in [0.29, 0.717) is 36.4 Å². The molecule has 1 saturated carbocycles. The Morgan fingerprint density at radius 3 is 2.75 bits per heavy atom. The van der Waals surface area contributed by atoms with E-state index in [-0.39, 0.29) is 17.5 Å². The van der Waals surface area contributed by atoms with Gasteiger partial charge in [-0.1, -0.05) is 0 Å². The van der Waals surface area contributed by atoms with Crippen molar-refractivity contribution in [3.63, 3.8) is 0 Å². The first kappa shape index (κ1) is 17.0. The number of hydrogen-bond acceptors (Lipinski definition) is 5. The third-order valence-electron chi connectivity index (χ3n) is 5.29. The lowest BCUT2D eigenvalue weighted by Gasteiger charge is -2.33. The Hall–Kier alpha value is -3.10. The van der Waals surface area contributed by atoms with E-state index in [1.807, 2.05) is 11.5 Å². The number of nitrogens with zero attached hydrogens (tertiary/aromatic N) is 5.